The summed E-state index contributed by atoms with van der Waals surface area (Å²) in [4.78, 5) is 4.16. The lowest BCUT2D eigenvalue weighted by Gasteiger charge is -2.08. The summed E-state index contributed by atoms with van der Waals surface area (Å²) in [5.74, 6) is 1.32. The van der Waals surface area contributed by atoms with Gasteiger partial charge in [-0.3, -0.25) is 0 Å². The third-order valence-electron chi connectivity index (χ3n) is 2.44. The monoisotopic (exact) mass is 262 g/mol. The van der Waals surface area contributed by atoms with Crippen LogP contribution in [0.25, 0.3) is 0 Å². The van der Waals surface area contributed by atoms with Gasteiger partial charge in [0.2, 0.25) is 5.88 Å². The first-order chi connectivity index (χ1) is 8.79. The normalized spacial score (nSPS) is 10.3. The van der Waals surface area contributed by atoms with Gasteiger partial charge in [0.05, 0.1) is 5.02 Å². The summed E-state index contributed by atoms with van der Waals surface area (Å²) in [5.41, 5.74) is 0.986. The molecule has 18 heavy (non-hydrogen) atoms. The van der Waals surface area contributed by atoms with Crippen molar-refractivity contribution in [2.24, 2.45) is 0 Å². The van der Waals surface area contributed by atoms with Crippen LogP contribution in [0.2, 0.25) is 5.02 Å². The van der Waals surface area contributed by atoms with E-state index in [0.29, 0.717) is 17.4 Å². The van der Waals surface area contributed by atoms with Crippen molar-refractivity contribution in [1.29, 1.82) is 0 Å². The number of aromatic nitrogens is 1. The van der Waals surface area contributed by atoms with E-state index in [1.165, 1.54) is 0 Å². The molecule has 0 aliphatic carbocycles. The molecular formula is C14H15ClN2O. The fraction of sp³-hybridized carbons (Fsp3) is 0.214. The van der Waals surface area contributed by atoms with Crippen molar-refractivity contribution in [2.45, 2.75) is 13.5 Å². The van der Waals surface area contributed by atoms with Crippen molar-refractivity contribution in [3.05, 3.63) is 53.2 Å². The largest absolute Gasteiger partial charge is 0.439 e. The number of rotatable bonds is 5. The quantitative estimate of drug-likeness (QED) is 0.893. The Bertz CT molecular complexity index is 502. The number of ether oxygens (including phenoxy) is 1. The number of hydrogen-bond donors (Lipinski definition) is 1. The predicted octanol–water partition coefficient (Wildman–Crippen LogP) is 3.64. The van der Waals surface area contributed by atoms with Crippen LogP contribution in [0, 0.1) is 0 Å². The van der Waals surface area contributed by atoms with E-state index < -0.39 is 0 Å². The van der Waals surface area contributed by atoms with Gasteiger partial charge in [-0.2, -0.15) is 0 Å². The van der Waals surface area contributed by atoms with E-state index in [1.54, 1.807) is 6.20 Å². The van der Waals surface area contributed by atoms with Gasteiger partial charge in [0.15, 0.2) is 0 Å². The standard InChI is InChI=1S/C14H15ClN2O/c1-2-16-9-11-8-14(17-10-13(11)15)18-12-6-4-3-5-7-12/h3-8,10,16H,2,9H2,1H3. The number of pyridine rings is 1. The lowest BCUT2D eigenvalue weighted by molar-refractivity contribution is 0.462. The van der Waals surface area contributed by atoms with Gasteiger partial charge in [-0.15, -0.1) is 0 Å². The summed E-state index contributed by atoms with van der Waals surface area (Å²) >= 11 is 6.08. The summed E-state index contributed by atoms with van der Waals surface area (Å²) in [6.45, 7) is 3.66. The fourth-order valence-electron chi connectivity index (χ4n) is 1.52. The molecule has 0 aliphatic rings. The summed E-state index contributed by atoms with van der Waals surface area (Å²) in [6.07, 6.45) is 1.62. The van der Waals surface area contributed by atoms with Crippen LogP contribution in [0.3, 0.4) is 0 Å². The SMILES string of the molecule is CCNCc1cc(Oc2ccccc2)ncc1Cl. The molecule has 0 aliphatic heterocycles. The predicted molar refractivity (Wildman–Crippen MR) is 73.1 cm³/mol. The lowest BCUT2D eigenvalue weighted by Crippen LogP contribution is -2.12. The van der Waals surface area contributed by atoms with E-state index in [1.807, 2.05) is 36.4 Å². The minimum absolute atomic E-state index is 0.554. The van der Waals surface area contributed by atoms with Gasteiger partial charge >= 0.3 is 0 Å². The zero-order valence-corrected chi connectivity index (χ0v) is 10.9. The maximum Gasteiger partial charge on any atom is 0.219 e. The number of para-hydroxylation sites is 1. The van der Waals surface area contributed by atoms with Crippen molar-refractivity contribution in [3.8, 4) is 11.6 Å². The molecule has 0 radical (unpaired) electrons. The zero-order chi connectivity index (χ0) is 12.8. The third-order valence-corrected chi connectivity index (χ3v) is 2.78. The van der Waals surface area contributed by atoms with Crippen molar-refractivity contribution >= 4 is 11.6 Å². The highest BCUT2D eigenvalue weighted by molar-refractivity contribution is 6.31. The third kappa shape index (κ3) is 3.45. The molecule has 2 rings (SSSR count). The fourth-order valence-corrected chi connectivity index (χ4v) is 1.69. The van der Waals surface area contributed by atoms with Gasteiger partial charge in [0.1, 0.15) is 5.75 Å². The molecule has 3 nitrogen and oxygen atoms in total. The molecule has 4 heteroatoms. The van der Waals surface area contributed by atoms with Crippen LogP contribution in [0.5, 0.6) is 11.6 Å². The molecule has 2 aromatic rings. The van der Waals surface area contributed by atoms with Gasteiger partial charge in [-0.25, -0.2) is 4.98 Å². The van der Waals surface area contributed by atoms with Crippen LogP contribution in [-0.4, -0.2) is 11.5 Å². The smallest absolute Gasteiger partial charge is 0.219 e. The highest BCUT2D eigenvalue weighted by atomic mass is 35.5. The molecule has 0 amide bonds. The average molecular weight is 263 g/mol. The van der Waals surface area contributed by atoms with Crippen molar-refractivity contribution < 1.29 is 4.74 Å². The van der Waals surface area contributed by atoms with Crippen LogP contribution >= 0.6 is 11.6 Å². The van der Waals surface area contributed by atoms with Gasteiger partial charge in [0.25, 0.3) is 0 Å². The molecule has 94 valence electrons. The van der Waals surface area contributed by atoms with Gasteiger partial charge in [0, 0.05) is 18.8 Å². The summed E-state index contributed by atoms with van der Waals surface area (Å²) in [7, 11) is 0. The maximum atomic E-state index is 6.08. The number of hydrogen-bond acceptors (Lipinski definition) is 3. The number of benzene rings is 1. The highest BCUT2D eigenvalue weighted by Gasteiger charge is 2.04. The number of halogens is 1. The highest BCUT2D eigenvalue weighted by Crippen LogP contribution is 2.23. The van der Waals surface area contributed by atoms with E-state index in [0.717, 1.165) is 17.9 Å². The van der Waals surface area contributed by atoms with E-state index in [2.05, 4.69) is 17.2 Å². The maximum absolute atomic E-state index is 6.08. The van der Waals surface area contributed by atoms with Gasteiger partial charge < -0.3 is 10.1 Å². The van der Waals surface area contributed by atoms with Crippen LogP contribution < -0.4 is 10.1 Å². The molecular weight excluding hydrogens is 248 g/mol. The first kappa shape index (κ1) is 12.9. The first-order valence-electron chi connectivity index (χ1n) is 5.87. The Morgan fingerprint density at radius 3 is 2.78 bits per heavy atom. The molecule has 1 aromatic heterocycles. The van der Waals surface area contributed by atoms with E-state index >= 15 is 0 Å². The Morgan fingerprint density at radius 1 is 1.28 bits per heavy atom. The van der Waals surface area contributed by atoms with E-state index in [4.69, 9.17) is 16.3 Å². The van der Waals surface area contributed by atoms with E-state index in [-0.39, 0.29) is 0 Å². The summed E-state index contributed by atoms with van der Waals surface area (Å²) in [5, 5.41) is 3.88. The molecule has 1 aromatic carbocycles. The Balaban J connectivity index is 2.14. The topological polar surface area (TPSA) is 34.1 Å². The second-order valence-corrected chi connectivity index (χ2v) is 4.22. The summed E-state index contributed by atoms with van der Waals surface area (Å²) < 4.78 is 5.66. The molecule has 0 fully saturated rings. The zero-order valence-electron chi connectivity index (χ0n) is 10.2. The Morgan fingerprint density at radius 2 is 2.06 bits per heavy atom. The van der Waals surface area contributed by atoms with Crippen molar-refractivity contribution in [2.75, 3.05) is 6.54 Å². The molecule has 0 saturated heterocycles. The molecule has 0 bridgehead atoms. The first-order valence-corrected chi connectivity index (χ1v) is 6.25. The molecule has 0 saturated carbocycles. The molecule has 0 atom stereocenters. The van der Waals surface area contributed by atoms with Gasteiger partial charge in [-0.1, -0.05) is 36.7 Å². The number of nitrogens with zero attached hydrogens (tertiary/aromatic N) is 1. The Kier molecular flexibility index (Phi) is 4.56. The average Bonchev–Trinajstić information content (AvgIpc) is 2.40. The van der Waals surface area contributed by atoms with Gasteiger partial charge in [-0.05, 0) is 24.2 Å². The van der Waals surface area contributed by atoms with Crippen molar-refractivity contribution in [3.63, 3.8) is 0 Å². The lowest BCUT2D eigenvalue weighted by atomic mass is 10.2. The second-order valence-electron chi connectivity index (χ2n) is 3.81. The van der Waals surface area contributed by atoms with E-state index in [9.17, 15) is 0 Å². The molecule has 1 heterocycles. The summed E-state index contributed by atoms with van der Waals surface area (Å²) in [6, 6.07) is 11.4. The van der Waals surface area contributed by atoms with Crippen LogP contribution in [0.4, 0.5) is 0 Å². The number of nitrogens with one attached hydrogen (secondary N) is 1. The molecule has 0 spiro atoms. The van der Waals surface area contributed by atoms with Crippen LogP contribution in [-0.2, 0) is 6.54 Å². The minimum Gasteiger partial charge on any atom is -0.439 e. The van der Waals surface area contributed by atoms with Crippen molar-refractivity contribution in [1.82, 2.24) is 10.3 Å². The Labute approximate surface area is 112 Å². The van der Waals surface area contributed by atoms with Crippen LogP contribution in [0.15, 0.2) is 42.6 Å². The molecule has 1 N–H and O–H groups in total. The Hall–Kier alpha value is -1.58. The van der Waals surface area contributed by atoms with Crippen LogP contribution in [0.1, 0.15) is 12.5 Å². The second kappa shape index (κ2) is 6.38. The molecule has 0 unspecified atom stereocenters. The minimum atomic E-state index is 0.554.